The fourth-order valence-electron chi connectivity index (χ4n) is 4.26. The van der Waals surface area contributed by atoms with E-state index in [1.165, 1.54) is 0 Å². The Bertz CT molecular complexity index is 1550. The summed E-state index contributed by atoms with van der Waals surface area (Å²) < 4.78 is 33.6. The molecular weight excluding hydrogens is 551 g/mol. The molecule has 42 heavy (non-hydrogen) atoms. The molecule has 0 unspecified atom stereocenters. The standard InChI is InChI=1S/C28H29N5O2.C2HF3O2/c1-20(34)8-4-2-7-11-24(28-30-18-25(32-28)22-9-5-3-6-10-22)31-27(35)19-33-15-14-23-16-21(17-29)12-13-26(23)33;3-2(4,5)1(6)7/h3,5-6,9-10,12-16,18,24H,2,4,7-8,11,19H2,1H3,(H,30,32)(H,31,35);(H,6,7)/t24-;/m0./s1. The second-order valence-electron chi connectivity index (χ2n) is 9.60. The van der Waals surface area contributed by atoms with E-state index in [0.717, 1.165) is 53.7 Å². The average Bonchev–Trinajstić information content (AvgIpc) is 3.60. The number of aliphatic carboxylic acids is 1. The molecule has 0 saturated heterocycles. The number of carbonyl (C=O) groups excluding carboxylic acids is 2. The summed E-state index contributed by atoms with van der Waals surface area (Å²) in [6.07, 6.45) is 2.54. The molecule has 3 N–H and O–H groups in total. The summed E-state index contributed by atoms with van der Waals surface area (Å²) in [6, 6.07) is 19.2. The second kappa shape index (κ2) is 14.6. The number of halogens is 3. The average molecular weight is 582 g/mol. The number of nitrogens with zero attached hydrogens (tertiary/aromatic N) is 3. The van der Waals surface area contributed by atoms with Gasteiger partial charge in [0.25, 0.3) is 0 Å². The number of carboxylic acid groups (broad SMARTS) is 1. The fourth-order valence-corrected chi connectivity index (χ4v) is 4.26. The first kappa shape index (κ1) is 31.6. The SMILES string of the molecule is CC(=O)CCCCC[C@H](NC(=O)Cn1ccc2cc(C#N)ccc21)c1ncc(-c2ccccc2)[nH]1.O=C(O)C(F)(F)F. The molecule has 2 aromatic heterocycles. The van der Waals surface area contributed by atoms with Crippen LogP contribution in [0.25, 0.3) is 22.2 Å². The van der Waals surface area contributed by atoms with Crippen LogP contribution in [0, 0.1) is 11.3 Å². The van der Waals surface area contributed by atoms with Crippen LogP contribution in [-0.2, 0) is 20.9 Å². The summed E-state index contributed by atoms with van der Waals surface area (Å²) >= 11 is 0. The first-order valence-electron chi connectivity index (χ1n) is 13.2. The molecule has 0 aliphatic rings. The molecule has 4 rings (SSSR count). The number of unbranched alkanes of at least 4 members (excludes halogenated alkanes) is 2. The Morgan fingerprint density at radius 2 is 1.81 bits per heavy atom. The van der Waals surface area contributed by atoms with E-state index >= 15 is 0 Å². The predicted octanol–water partition coefficient (Wildman–Crippen LogP) is 5.93. The number of ketones is 1. The third kappa shape index (κ3) is 9.33. The Morgan fingerprint density at radius 3 is 2.45 bits per heavy atom. The van der Waals surface area contributed by atoms with Crippen LogP contribution < -0.4 is 5.32 Å². The summed E-state index contributed by atoms with van der Waals surface area (Å²) in [5.41, 5.74) is 3.44. The number of fused-ring (bicyclic) bond motifs is 1. The quantitative estimate of drug-likeness (QED) is 0.187. The number of alkyl halides is 3. The zero-order valence-corrected chi connectivity index (χ0v) is 22.8. The van der Waals surface area contributed by atoms with Crippen LogP contribution in [0.4, 0.5) is 13.2 Å². The number of carboxylic acids is 1. The molecule has 1 amide bonds. The summed E-state index contributed by atoms with van der Waals surface area (Å²) in [5.74, 6) is -1.94. The van der Waals surface area contributed by atoms with E-state index in [9.17, 15) is 22.8 Å². The molecule has 0 saturated carbocycles. The number of H-pyrrole nitrogens is 1. The minimum absolute atomic E-state index is 0.113. The van der Waals surface area contributed by atoms with Gasteiger partial charge >= 0.3 is 12.1 Å². The molecule has 1 atom stereocenters. The fraction of sp³-hybridized carbons (Fsp3) is 0.300. The van der Waals surface area contributed by atoms with Crippen molar-refractivity contribution in [3.63, 3.8) is 0 Å². The molecule has 2 heterocycles. The highest BCUT2D eigenvalue weighted by atomic mass is 19.4. The molecule has 0 aliphatic carbocycles. The molecule has 0 fully saturated rings. The molecule has 0 bridgehead atoms. The smallest absolute Gasteiger partial charge is 0.475 e. The van der Waals surface area contributed by atoms with Gasteiger partial charge in [0.1, 0.15) is 18.2 Å². The number of nitrogens with one attached hydrogen (secondary N) is 2. The van der Waals surface area contributed by atoms with Gasteiger partial charge in [0.15, 0.2) is 0 Å². The van der Waals surface area contributed by atoms with E-state index in [1.807, 2.05) is 59.3 Å². The van der Waals surface area contributed by atoms with E-state index in [2.05, 4.69) is 21.4 Å². The van der Waals surface area contributed by atoms with E-state index in [-0.39, 0.29) is 24.3 Å². The molecule has 2 aromatic carbocycles. The third-order valence-electron chi connectivity index (χ3n) is 6.32. The third-order valence-corrected chi connectivity index (χ3v) is 6.32. The Balaban J connectivity index is 0.000000616. The lowest BCUT2D eigenvalue weighted by Gasteiger charge is -2.17. The topological polar surface area (TPSA) is 141 Å². The highest BCUT2D eigenvalue weighted by molar-refractivity contribution is 5.84. The molecular formula is C30H30F3N5O4. The Kier molecular flexibility index (Phi) is 11.0. The van der Waals surface area contributed by atoms with Crippen molar-refractivity contribution in [1.29, 1.82) is 5.26 Å². The number of aromatic amines is 1. The number of imidazole rings is 1. The Morgan fingerprint density at radius 1 is 1.10 bits per heavy atom. The summed E-state index contributed by atoms with van der Waals surface area (Å²) in [7, 11) is 0. The van der Waals surface area contributed by atoms with Crippen LogP contribution in [0.5, 0.6) is 0 Å². The molecule has 9 nitrogen and oxygen atoms in total. The monoisotopic (exact) mass is 581 g/mol. The van der Waals surface area contributed by atoms with Crippen LogP contribution in [0.1, 0.15) is 56.5 Å². The lowest BCUT2D eigenvalue weighted by Crippen LogP contribution is -2.32. The van der Waals surface area contributed by atoms with Gasteiger partial charge in [-0.15, -0.1) is 0 Å². The zero-order valence-electron chi connectivity index (χ0n) is 22.8. The van der Waals surface area contributed by atoms with E-state index in [0.29, 0.717) is 12.0 Å². The number of rotatable bonds is 11. The van der Waals surface area contributed by atoms with Gasteiger partial charge < -0.3 is 24.8 Å². The molecule has 0 radical (unpaired) electrons. The highest BCUT2D eigenvalue weighted by Gasteiger charge is 2.38. The predicted molar refractivity (Wildman–Crippen MR) is 149 cm³/mol. The van der Waals surface area contributed by atoms with Gasteiger partial charge in [-0.05, 0) is 49.6 Å². The Hall–Kier alpha value is -4.92. The molecule has 0 aliphatic heterocycles. The minimum Gasteiger partial charge on any atom is -0.475 e. The van der Waals surface area contributed by atoms with Crippen molar-refractivity contribution < 1.29 is 32.7 Å². The number of aromatic nitrogens is 3. The molecule has 220 valence electrons. The van der Waals surface area contributed by atoms with Crippen molar-refractivity contribution >= 4 is 28.6 Å². The maximum Gasteiger partial charge on any atom is 0.490 e. The van der Waals surface area contributed by atoms with Gasteiger partial charge in [-0.3, -0.25) is 4.79 Å². The van der Waals surface area contributed by atoms with Crippen LogP contribution in [-0.4, -0.2) is 43.5 Å². The molecule has 12 heteroatoms. The second-order valence-corrected chi connectivity index (χ2v) is 9.60. The van der Waals surface area contributed by atoms with Crippen molar-refractivity contribution in [1.82, 2.24) is 19.9 Å². The van der Waals surface area contributed by atoms with Gasteiger partial charge in [0.2, 0.25) is 5.91 Å². The number of hydrogen-bond acceptors (Lipinski definition) is 5. The molecule has 4 aromatic rings. The van der Waals surface area contributed by atoms with Gasteiger partial charge in [0.05, 0.1) is 29.6 Å². The highest BCUT2D eigenvalue weighted by Crippen LogP contribution is 2.23. The first-order valence-corrected chi connectivity index (χ1v) is 13.2. The maximum atomic E-state index is 13.0. The van der Waals surface area contributed by atoms with Gasteiger partial charge in [0, 0.05) is 23.5 Å². The van der Waals surface area contributed by atoms with Gasteiger partial charge in [-0.25, -0.2) is 9.78 Å². The number of benzene rings is 2. The van der Waals surface area contributed by atoms with Crippen molar-refractivity contribution in [3.8, 4) is 17.3 Å². The largest absolute Gasteiger partial charge is 0.490 e. The normalized spacial score (nSPS) is 11.7. The first-order chi connectivity index (χ1) is 20.0. The number of hydrogen-bond donors (Lipinski definition) is 3. The van der Waals surface area contributed by atoms with Gasteiger partial charge in [-0.1, -0.05) is 43.2 Å². The summed E-state index contributed by atoms with van der Waals surface area (Å²) in [5, 5.41) is 20.3. The van der Waals surface area contributed by atoms with Crippen molar-refractivity contribution in [3.05, 3.63) is 78.4 Å². The van der Waals surface area contributed by atoms with Crippen LogP contribution in [0.3, 0.4) is 0 Å². The van der Waals surface area contributed by atoms with Crippen molar-refractivity contribution in [2.24, 2.45) is 0 Å². The summed E-state index contributed by atoms with van der Waals surface area (Å²) in [6.45, 7) is 1.78. The minimum atomic E-state index is -5.08. The van der Waals surface area contributed by atoms with E-state index < -0.39 is 12.1 Å². The maximum absolute atomic E-state index is 13.0. The summed E-state index contributed by atoms with van der Waals surface area (Å²) in [4.78, 5) is 41.1. The zero-order chi connectivity index (χ0) is 30.7. The van der Waals surface area contributed by atoms with Gasteiger partial charge in [-0.2, -0.15) is 18.4 Å². The van der Waals surface area contributed by atoms with Crippen LogP contribution in [0.2, 0.25) is 0 Å². The number of Topliss-reactive ketones (excluding diaryl/α,β-unsaturated/α-hetero) is 1. The lowest BCUT2D eigenvalue weighted by molar-refractivity contribution is -0.192. The van der Waals surface area contributed by atoms with Crippen molar-refractivity contribution in [2.45, 2.75) is 57.8 Å². The van der Waals surface area contributed by atoms with Crippen molar-refractivity contribution in [2.75, 3.05) is 0 Å². The number of amides is 1. The lowest BCUT2D eigenvalue weighted by atomic mass is 10.1. The molecule has 0 spiro atoms. The Labute approximate surface area is 240 Å². The van der Waals surface area contributed by atoms with E-state index in [1.54, 1.807) is 19.2 Å². The van der Waals surface area contributed by atoms with Crippen LogP contribution >= 0.6 is 0 Å². The van der Waals surface area contributed by atoms with E-state index in [4.69, 9.17) is 15.2 Å². The number of nitriles is 1. The number of carbonyl (C=O) groups is 3. The van der Waals surface area contributed by atoms with Crippen LogP contribution in [0.15, 0.2) is 67.0 Å².